The van der Waals surface area contributed by atoms with Crippen LogP contribution in [0.4, 0.5) is 5.69 Å². The molecule has 132 valence electrons. The number of benzene rings is 3. The number of hydrogen-bond donors (Lipinski definition) is 1. The molecule has 0 aromatic heterocycles. The molecule has 1 aliphatic carbocycles. The van der Waals surface area contributed by atoms with E-state index in [-0.39, 0.29) is 14.5 Å². The molecule has 0 saturated carbocycles. The third-order valence-electron chi connectivity index (χ3n) is 4.87. The van der Waals surface area contributed by atoms with Crippen molar-refractivity contribution < 1.29 is 0 Å². The van der Waals surface area contributed by atoms with E-state index < -0.39 is 0 Å². The summed E-state index contributed by atoms with van der Waals surface area (Å²) in [6.07, 6.45) is 0. The second-order valence-corrected chi connectivity index (χ2v) is 8.66. The quantitative estimate of drug-likeness (QED) is 0.240. The fraction of sp³-hybridized carbons (Fsp3) is 0.273. The molecule has 0 radical (unpaired) electrons. The number of nitrogens with zero attached hydrogens (tertiary/aromatic N) is 2. The van der Waals surface area contributed by atoms with Crippen LogP contribution in [0.3, 0.4) is 0 Å². The van der Waals surface area contributed by atoms with Gasteiger partial charge >= 0.3 is 160 Å². The van der Waals surface area contributed by atoms with Crippen molar-refractivity contribution in [1.29, 1.82) is 0 Å². The third-order valence-corrected chi connectivity index (χ3v) is 7.13. The molecule has 2 aliphatic rings. The summed E-state index contributed by atoms with van der Waals surface area (Å²) in [5.41, 5.74) is 3.52. The Labute approximate surface area is 160 Å². The molecule has 3 nitrogen and oxygen atoms in total. The van der Waals surface area contributed by atoms with Crippen molar-refractivity contribution in [2.24, 2.45) is 0 Å². The molecule has 0 unspecified atom stereocenters. The zero-order chi connectivity index (χ0) is 18.1. The van der Waals surface area contributed by atoms with Crippen LogP contribution < -0.4 is 15.2 Å². The number of hydrogen-bond acceptors (Lipinski definition) is 2. The summed E-state index contributed by atoms with van der Waals surface area (Å²) in [6, 6.07) is 17.7. The Morgan fingerprint density at radius 3 is 2.46 bits per heavy atom. The van der Waals surface area contributed by atoms with Crippen LogP contribution in [-0.2, 0) is 0 Å². The van der Waals surface area contributed by atoms with E-state index in [1.54, 1.807) is 0 Å². The summed E-state index contributed by atoms with van der Waals surface area (Å²) in [7, 11) is 0. The molecule has 0 amide bonds. The first-order valence-corrected chi connectivity index (χ1v) is 11.0. The van der Waals surface area contributed by atoms with Crippen molar-refractivity contribution >= 4 is 40.7 Å². The van der Waals surface area contributed by atoms with Gasteiger partial charge in [0.15, 0.2) is 0 Å². The standard InChI is InChI=1S/C22H23N3Se/c1-4-23-19-14-21-22(17-10-8-7-9-16(17)19)24-18-12-11-15(13-20(18)26-21)25(5-2)6-3/h7-14H,4-6H2,1-3H3/p+1. The molecule has 0 saturated heterocycles. The maximum absolute atomic E-state index is 5.06. The minimum absolute atomic E-state index is 0.268. The van der Waals surface area contributed by atoms with Crippen LogP contribution in [0.2, 0.25) is 0 Å². The van der Waals surface area contributed by atoms with E-state index in [0.29, 0.717) is 0 Å². The predicted octanol–water partition coefficient (Wildman–Crippen LogP) is 3.79. The van der Waals surface area contributed by atoms with Gasteiger partial charge in [0.25, 0.3) is 0 Å². The van der Waals surface area contributed by atoms with Gasteiger partial charge in [-0.15, -0.1) is 0 Å². The van der Waals surface area contributed by atoms with E-state index in [2.05, 4.69) is 79.2 Å². The number of aromatic nitrogens is 1. The monoisotopic (exact) mass is 410 g/mol. The van der Waals surface area contributed by atoms with Gasteiger partial charge in [-0.1, -0.05) is 0 Å². The van der Waals surface area contributed by atoms with Crippen molar-refractivity contribution in [3.8, 4) is 10.1 Å². The first kappa shape index (κ1) is 17.3. The number of anilines is 1. The fourth-order valence-electron chi connectivity index (χ4n) is 3.57. The number of nitrogens with one attached hydrogen (secondary N) is 1. The Kier molecular flexibility index (Phi) is 4.79. The molecule has 2 aromatic carbocycles. The molecule has 1 heterocycles. The summed E-state index contributed by atoms with van der Waals surface area (Å²) >= 11 is 0.268. The van der Waals surface area contributed by atoms with Crippen molar-refractivity contribution in [3.63, 3.8) is 0 Å². The van der Waals surface area contributed by atoms with Gasteiger partial charge in [0.05, 0.1) is 0 Å². The van der Waals surface area contributed by atoms with Crippen molar-refractivity contribution in [3.05, 3.63) is 53.9 Å². The van der Waals surface area contributed by atoms with Crippen LogP contribution in [0.1, 0.15) is 20.8 Å². The van der Waals surface area contributed by atoms with Gasteiger partial charge in [-0.3, -0.25) is 0 Å². The van der Waals surface area contributed by atoms with Crippen LogP contribution >= 0.6 is 0 Å². The third kappa shape index (κ3) is 2.94. The number of rotatable bonds is 4. The van der Waals surface area contributed by atoms with E-state index in [1.165, 1.54) is 30.5 Å². The summed E-state index contributed by atoms with van der Waals surface area (Å²) in [5.74, 6) is 0. The van der Waals surface area contributed by atoms with Crippen molar-refractivity contribution in [1.82, 2.24) is 9.56 Å². The van der Waals surface area contributed by atoms with E-state index in [1.807, 2.05) is 0 Å². The Bertz CT molecular complexity index is 1120. The van der Waals surface area contributed by atoms with E-state index >= 15 is 0 Å². The molecular weight excluding hydrogens is 385 g/mol. The van der Waals surface area contributed by atoms with E-state index in [0.717, 1.165) is 30.8 Å². The van der Waals surface area contributed by atoms with Gasteiger partial charge in [0, 0.05) is 0 Å². The molecule has 0 atom stereocenters. The van der Waals surface area contributed by atoms with E-state index in [4.69, 9.17) is 4.98 Å². The topological polar surface area (TPSA) is 27.9 Å². The number of fused-ring (bicyclic) bond motifs is 4. The summed E-state index contributed by atoms with van der Waals surface area (Å²) < 4.78 is 5.15. The van der Waals surface area contributed by atoms with Gasteiger partial charge in [-0.05, 0) is 0 Å². The van der Waals surface area contributed by atoms with Gasteiger partial charge in [-0.25, -0.2) is 0 Å². The molecule has 0 fully saturated rings. The fourth-order valence-corrected chi connectivity index (χ4v) is 5.80. The van der Waals surface area contributed by atoms with Crippen molar-refractivity contribution in [2.45, 2.75) is 20.8 Å². The minimum atomic E-state index is 0.268. The Morgan fingerprint density at radius 2 is 1.73 bits per heavy atom. The van der Waals surface area contributed by atoms with Crippen molar-refractivity contribution in [2.75, 3.05) is 25.0 Å². The van der Waals surface area contributed by atoms with Crippen LogP contribution in [0, 0.1) is 0 Å². The first-order valence-electron chi connectivity index (χ1n) is 9.33. The predicted molar refractivity (Wildman–Crippen MR) is 113 cm³/mol. The van der Waals surface area contributed by atoms with Gasteiger partial charge in [0.2, 0.25) is 0 Å². The molecule has 4 heteroatoms. The first-order chi connectivity index (χ1) is 12.7. The van der Waals surface area contributed by atoms with Crippen LogP contribution in [0.15, 0.2) is 48.5 Å². The maximum atomic E-state index is 5.06. The summed E-state index contributed by atoms with van der Waals surface area (Å²) in [4.78, 5) is 5.06. The molecule has 2 aromatic rings. The van der Waals surface area contributed by atoms with Crippen LogP contribution in [-0.4, -0.2) is 39.1 Å². The van der Waals surface area contributed by atoms with E-state index in [9.17, 15) is 0 Å². The summed E-state index contributed by atoms with van der Waals surface area (Å²) in [5, 5.41) is 7.35. The Balaban J connectivity index is 2.07. The molecule has 1 aliphatic heterocycles. The molecular formula is C22H24N3Se+. The molecule has 1 N–H and O–H groups in total. The van der Waals surface area contributed by atoms with Gasteiger partial charge < -0.3 is 0 Å². The van der Waals surface area contributed by atoms with Crippen LogP contribution in [0.25, 0.3) is 30.7 Å². The normalized spacial score (nSPS) is 11.3. The SMILES string of the molecule is CCNc1cc2[se]c3cc(=[N+](CC)CC)ccc-3nc2c2ccccc12. The summed E-state index contributed by atoms with van der Waals surface area (Å²) in [6.45, 7) is 9.56. The second-order valence-electron chi connectivity index (χ2n) is 6.38. The Morgan fingerprint density at radius 1 is 0.962 bits per heavy atom. The average Bonchev–Trinajstić information content (AvgIpc) is 2.68. The molecule has 26 heavy (non-hydrogen) atoms. The van der Waals surface area contributed by atoms with Gasteiger partial charge in [-0.2, -0.15) is 0 Å². The zero-order valence-corrected chi connectivity index (χ0v) is 17.3. The molecule has 4 rings (SSSR count). The Hall–Kier alpha value is -2.16. The zero-order valence-electron chi connectivity index (χ0n) is 15.5. The second kappa shape index (κ2) is 7.22. The average molecular weight is 409 g/mol. The molecule has 0 spiro atoms. The molecule has 0 bridgehead atoms. The van der Waals surface area contributed by atoms with Crippen LogP contribution in [0.5, 0.6) is 0 Å². The van der Waals surface area contributed by atoms with Gasteiger partial charge in [0.1, 0.15) is 0 Å².